The van der Waals surface area contributed by atoms with Crippen LogP contribution in [0.1, 0.15) is 37.3 Å². The lowest BCUT2D eigenvalue weighted by atomic mass is 10.1. The van der Waals surface area contributed by atoms with E-state index in [-0.39, 0.29) is 0 Å². The second-order valence-corrected chi connectivity index (χ2v) is 10.8. The monoisotopic (exact) mass is 455 g/mol. The van der Waals surface area contributed by atoms with E-state index in [1.54, 1.807) is 27.8 Å². The number of thiazole rings is 1. The molecule has 31 heavy (non-hydrogen) atoms. The molecule has 3 aromatic rings. The van der Waals surface area contributed by atoms with Crippen molar-refractivity contribution in [2.45, 2.75) is 51.5 Å². The number of piperidine rings is 1. The smallest absolute Gasteiger partial charge is 0.243 e. The molecule has 4 rings (SSSR count). The van der Waals surface area contributed by atoms with E-state index in [4.69, 9.17) is 4.99 Å². The van der Waals surface area contributed by atoms with Crippen molar-refractivity contribution in [2.24, 2.45) is 4.99 Å². The SMILES string of the molecule is CCn1c(-c2ccc(S(=O)(=O)N3CCCCC3)cc2)csc1=Nc1ccc(C)c(C)c1. The van der Waals surface area contributed by atoms with Crippen LogP contribution in [0.5, 0.6) is 0 Å². The maximum Gasteiger partial charge on any atom is 0.243 e. The van der Waals surface area contributed by atoms with Gasteiger partial charge in [0, 0.05) is 25.0 Å². The molecule has 164 valence electrons. The van der Waals surface area contributed by atoms with Crippen LogP contribution in [0.3, 0.4) is 0 Å². The molecule has 1 fully saturated rings. The molecule has 7 heteroatoms. The van der Waals surface area contributed by atoms with Gasteiger partial charge >= 0.3 is 0 Å². The number of hydrogen-bond donors (Lipinski definition) is 0. The fourth-order valence-corrected chi connectivity index (χ4v) is 6.42. The summed E-state index contributed by atoms with van der Waals surface area (Å²) in [7, 11) is -3.41. The third-order valence-electron chi connectivity index (χ3n) is 5.93. The molecule has 1 aliphatic heterocycles. The zero-order chi connectivity index (χ0) is 22.0. The summed E-state index contributed by atoms with van der Waals surface area (Å²) in [4.78, 5) is 6.16. The van der Waals surface area contributed by atoms with Crippen molar-refractivity contribution in [3.8, 4) is 11.3 Å². The molecule has 0 N–H and O–H groups in total. The largest absolute Gasteiger partial charge is 0.317 e. The Bertz CT molecular complexity index is 1230. The fourth-order valence-electron chi connectivity index (χ4n) is 3.91. The number of benzene rings is 2. The summed E-state index contributed by atoms with van der Waals surface area (Å²) in [6, 6.07) is 13.5. The van der Waals surface area contributed by atoms with Gasteiger partial charge in [-0.25, -0.2) is 13.4 Å². The first-order valence-corrected chi connectivity index (χ1v) is 13.1. The van der Waals surface area contributed by atoms with Crippen LogP contribution in [0.15, 0.2) is 57.7 Å². The van der Waals surface area contributed by atoms with Crippen LogP contribution in [0.4, 0.5) is 5.69 Å². The zero-order valence-electron chi connectivity index (χ0n) is 18.3. The van der Waals surface area contributed by atoms with Crippen molar-refractivity contribution in [3.05, 3.63) is 63.8 Å². The Kier molecular flexibility index (Phi) is 6.46. The standard InChI is InChI=1S/C24H29N3O2S2/c1-4-27-23(17-30-24(27)25-21-11-8-18(2)19(3)16-21)20-9-12-22(13-10-20)31(28,29)26-14-6-5-7-15-26/h8-13,16-17H,4-7,14-15H2,1-3H3. The normalized spacial score (nSPS) is 16.0. The molecule has 1 aromatic heterocycles. The van der Waals surface area contributed by atoms with Gasteiger partial charge in [0.05, 0.1) is 16.3 Å². The summed E-state index contributed by atoms with van der Waals surface area (Å²) in [5.41, 5.74) is 5.48. The van der Waals surface area contributed by atoms with E-state index in [9.17, 15) is 8.42 Å². The van der Waals surface area contributed by atoms with Gasteiger partial charge in [0.2, 0.25) is 10.0 Å². The molecule has 2 aromatic carbocycles. The Hall–Kier alpha value is -2.22. The van der Waals surface area contributed by atoms with Gasteiger partial charge in [-0.3, -0.25) is 0 Å². The topological polar surface area (TPSA) is 54.7 Å². The van der Waals surface area contributed by atoms with Gasteiger partial charge in [-0.05, 0) is 74.6 Å². The Balaban J connectivity index is 1.66. The maximum atomic E-state index is 12.9. The molecule has 1 aliphatic rings. The number of hydrogen-bond acceptors (Lipinski definition) is 4. The van der Waals surface area contributed by atoms with E-state index >= 15 is 0 Å². The summed E-state index contributed by atoms with van der Waals surface area (Å²) >= 11 is 1.60. The van der Waals surface area contributed by atoms with E-state index in [1.165, 1.54) is 11.1 Å². The molecular weight excluding hydrogens is 426 g/mol. The molecule has 0 bridgehead atoms. The lowest BCUT2D eigenvalue weighted by Crippen LogP contribution is -2.35. The van der Waals surface area contributed by atoms with E-state index in [0.717, 1.165) is 47.6 Å². The van der Waals surface area contributed by atoms with E-state index in [2.05, 4.69) is 42.9 Å². The highest BCUT2D eigenvalue weighted by Gasteiger charge is 2.25. The van der Waals surface area contributed by atoms with Gasteiger partial charge in [0.25, 0.3) is 0 Å². The van der Waals surface area contributed by atoms with Crippen LogP contribution in [0, 0.1) is 13.8 Å². The van der Waals surface area contributed by atoms with E-state index in [0.29, 0.717) is 18.0 Å². The first-order valence-electron chi connectivity index (χ1n) is 10.8. The van der Waals surface area contributed by atoms with Crippen LogP contribution in [-0.4, -0.2) is 30.4 Å². The summed E-state index contributed by atoms with van der Waals surface area (Å²) < 4.78 is 29.6. The number of sulfonamides is 1. The van der Waals surface area contributed by atoms with Gasteiger partial charge in [-0.1, -0.05) is 24.6 Å². The molecule has 5 nitrogen and oxygen atoms in total. The number of nitrogens with zero attached hydrogens (tertiary/aromatic N) is 3. The average molecular weight is 456 g/mol. The zero-order valence-corrected chi connectivity index (χ0v) is 20.0. The second kappa shape index (κ2) is 9.10. The fraction of sp³-hybridized carbons (Fsp3) is 0.375. The minimum Gasteiger partial charge on any atom is -0.317 e. The van der Waals surface area contributed by atoms with E-state index < -0.39 is 10.0 Å². The highest BCUT2D eigenvalue weighted by atomic mass is 32.2. The van der Waals surface area contributed by atoms with E-state index in [1.807, 2.05) is 18.2 Å². The molecule has 0 saturated carbocycles. The maximum absolute atomic E-state index is 12.9. The molecule has 0 amide bonds. The predicted molar refractivity (Wildman–Crippen MR) is 127 cm³/mol. The molecule has 0 spiro atoms. The lowest BCUT2D eigenvalue weighted by molar-refractivity contribution is 0.346. The Morgan fingerprint density at radius 3 is 2.32 bits per heavy atom. The first-order chi connectivity index (χ1) is 14.9. The van der Waals surface area contributed by atoms with Gasteiger partial charge in [0.15, 0.2) is 4.80 Å². The highest BCUT2D eigenvalue weighted by molar-refractivity contribution is 7.89. The highest BCUT2D eigenvalue weighted by Crippen LogP contribution is 2.26. The minimum absolute atomic E-state index is 0.372. The van der Waals surface area contributed by atoms with Crippen LogP contribution in [0.2, 0.25) is 0 Å². The molecule has 0 atom stereocenters. The van der Waals surface area contributed by atoms with Gasteiger partial charge in [0.1, 0.15) is 0 Å². The second-order valence-electron chi connectivity index (χ2n) is 8.02. The van der Waals surface area contributed by atoms with Gasteiger partial charge < -0.3 is 4.57 Å². The number of aromatic nitrogens is 1. The van der Waals surface area contributed by atoms with Crippen LogP contribution < -0.4 is 4.80 Å². The summed E-state index contributed by atoms with van der Waals surface area (Å²) in [5.74, 6) is 0. The van der Waals surface area contributed by atoms with Crippen molar-refractivity contribution in [3.63, 3.8) is 0 Å². The van der Waals surface area contributed by atoms with Crippen molar-refractivity contribution in [1.82, 2.24) is 8.87 Å². The Labute approximate surface area is 188 Å². The van der Waals surface area contributed by atoms with Crippen molar-refractivity contribution in [1.29, 1.82) is 0 Å². The van der Waals surface area contributed by atoms with Crippen LogP contribution >= 0.6 is 11.3 Å². The third kappa shape index (κ3) is 4.54. The van der Waals surface area contributed by atoms with Gasteiger partial charge in [-0.15, -0.1) is 11.3 Å². The molecular formula is C24H29N3O2S2. The predicted octanol–water partition coefficient (Wildman–Crippen LogP) is 5.26. The summed E-state index contributed by atoms with van der Waals surface area (Å²) in [6.45, 7) is 8.33. The number of aryl methyl sites for hydroxylation is 2. The van der Waals surface area contributed by atoms with Crippen molar-refractivity contribution >= 4 is 27.0 Å². The van der Waals surface area contributed by atoms with Crippen molar-refractivity contribution in [2.75, 3.05) is 13.1 Å². The first kappa shape index (κ1) is 22.0. The quantitative estimate of drug-likeness (QED) is 0.527. The van der Waals surface area contributed by atoms with Gasteiger partial charge in [-0.2, -0.15) is 4.31 Å². The molecule has 0 unspecified atom stereocenters. The summed E-state index contributed by atoms with van der Waals surface area (Å²) in [5, 5.41) is 2.09. The molecule has 0 radical (unpaired) electrons. The summed E-state index contributed by atoms with van der Waals surface area (Å²) in [6.07, 6.45) is 2.99. The minimum atomic E-state index is -3.41. The average Bonchev–Trinajstić information content (AvgIpc) is 3.19. The van der Waals surface area contributed by atoms with Crippen molar-refractivity contribution < 1.29 is 8.42 Å². The van der Waals surface area contributed by atoms with Crippen LogP contribution in [0.25, 0.3) is 11.3 Å². The molecule has 2 heterocycles. The Morgan fingerprint density at radius 2 is 1.68 bits per heavy atom. The number of rotatable bonds is 5. The Morgan fingerprint density at radius 1 is 0.968 bits per heavy atom. The third-order valence-corrected chi connectivity index (χ3v) is 8.71. The van der Waals surface area contributed by atoms with Crippen LogP contribution in [-0.2, 0) is 16.6 Å². The molecule has 1 saturated heterocycles. The lowest BCUT2D eigenvalue weighted by Gasteiger charge is -2.25. The molecule has 0 aliphatic carbocycles.